The summed E-state index contributed by atoms with van der Waals surface area (Å²) >= 11 is 0. The fraction of sp³-hybridized carbons (Fsp3) is 0.963. The molecule has 7 heteroatoms. The first-order valence-electron chi connectivity index (χ1n) is 27.6. The van der Waals surface area contributed by atoms with Crippen LogP contribution in [0.4, 0.5) is 0 Å². The molecule has 0 spiro atoms. The average molecular weight is 861 g/mol. The van der Waals surface area contributed by atoms with Crippen LogP contribution in [-0.2, 0) is 14.3 Å². The van der Waals surface area contributed by atoms with Crippen LogP contribution in [0.5, 0.6) is 0 Å². The summed E-state index contributed by atoms with van der Waals surface area (Å²) in [5, 5.41) is 0. The first-order chi connectivity index (χ1) is 30.0. The van der Waals surface area contributed by atoms with E-state index >= 15 is 0 Å². The zero-order valence-electron chi connectivity index (χ0n) is 42.1. The molecule has 1 amide bonds. The van der Waals surface area contributed by atoms with Crippen molar-refractivity contribution in [3.63, 3.8) is 0 Å². The first-order valence-corrected chi connectivity index (χ1v) is 27.6. The Morgan fingerprint density at radius 2 is 0.787 bits per heavy atom. The maximum absolute atomic E-state index is 14.1. The minimum absolute atomic E-state index is 0.0379. The van der Waals surface area contributed by atoms with Crippen molar-refractivity contribution in [2.45, 2.75) is 265 Å². The quantitative estimate of drug-likeness (QED) is 0.0449. The van der Waals surface area contributed by atoms with Crippen LogP contribution in [0.25, 0.3) is 0 Å². The van der Waals surface area contributed by atoms with Crippen LogP contribution in [0.2, 0.25) is 0 Å². The third-order valence-corrected chi connectivity index (χ3v) is 13.5. The monoisotopic (exact) mass is 861 g/mol. The topological polar surface area (TPSA) is 56.3 Å². The third kappa shape index (κ3) is 34.8. The first kappa shape index (κ1) is 57.8. The summed E-state index contributed by atoms with van der Waals surface area (Å²) in [6.07, 6.45) is 44.5. The van der Waals surface area contributed by atoms with Gasteiger partial charge in [0.25, 0.3) is 0 Å². The second kappa shape index (κ2) is 44.0. The Hall–Kier alpha value is -1.18. The highest BCUT2D eigenvalue weighted by atomic mass is 16.5. The van der Waals surface area contributed by atoms with E-state index in [1.54, 1.807) is 0 Å². The number of hydrogen-bond acceptors (Lipinski definition) is 6. The predicted octanol–water partition coefficient (Wildman–Crippen LogP) is 14.4. The highest BCUT2D eigenvalue weighted by Crippen LogP contribution is 2.20. The number of esters is 1. The molecule has 1 aliphatic rings. The number of hydrogen-bond donors (Lipinski definition) is 0. The summed E-state index contributed by atoms with van der Waals surface area (Å²) in [6, 6.07) is 0.564. The lowest BCUT2D eigenvalue weighted by molar-refractivity contribution is -0.143. The smallest absolute Gasteiger partial charge is 0.305 e. The molecular weight excluding hydrogens is 753 g/mol. The molecule has 1 heterocycles. The Kier molecular flexibility index (Phi) is 41.8. The number of unbranched alkanes of at least 4 members (excludes halogenated alkanes) is 26. The molecule has 0 aromatic rings. The lowest BCUT2D eigenvalue weighted by Gasteiger charge is -2.39. The van der Waals surface area contributed by atoms with Gasteiger partial charge in [-0.2, -0.15) is 0 Å². The van der Waals surface area contributed by atoms with Crippen molar-refractivity contribution in [1.82, 2.24) is 19.6 Å². The Bertz CT molecular complexity index is 923. The molecule has 1 aliphatic heterocycles. The van der Waals surface area contributed by atoms with Gasteiger partial charge >= 0.3 is 5.97 Å². The van der Waals surface area contributed by atoms with Crippen LogP contribution < -0.4 is 0 Å². The summed E-state index contributed by atoms with van der Waals surface area (Å²) in [6.45, 7) is 22.1. The van der Waals surface area contributed by atoms with Crippen LogP contribution in [0.1, 0.15) is 259 Å². The zero-order chi connectivity index (χ0) is 44.3. The maximum atomic E-state index is 14.1. The molecule has 0 aliphatic carbocycles. The Labute approximate surface area is 382 Å². The van der Waals surface area contributed by atoms with Crippen molar-refractivity contribution < 1.29 is 14.3 Å². The molecule has 362 valence electrons. The van der Waals surface area contributed by atoms with E-state index in [2.05, 4.69) is 47.3 Å². The number of likely N-dealkylation sites (tertiary alicyclic amines) is 1. The van der Waals surface area contributed by atoms with Gasteiger partial charge in [0.2, 0.25) is 5.91 Å². The van der Waals surface area contributed by atoms with Crippen LogP contribution in [0, 0.1) is 0 Å². The van der Waals surface area contributed by atoms with E-state index in [0.29, 0.717) is 31.5 Å². The molecule has 0 atom stereocenters. The van der Waals surface area contributed by atoms with Crippen molar-refractivity contribution >= 4 is 11.9 Å². The lowest BCUT2D eigenvalue weighted by Crippen LogP contribution is -2.50. The summed E-state index contributed by atoms with van der Waals surface area (Å²) < 4.78 is 5.31. The molecule has 0 N–H and O–H groups in total. The fourth-order valence-corrected chi connectivity index (χ4v) is 9.34. The van der Waals surface area contributed by atoms with Gasteiger partial charge in [-0.05, 0) is 90.5 Å². The summed E-state index contributed by atoms with van der Waals surface area (Å²) in [7, 11) is 0. The van der Waals surface area contributed by atoms with Crippen LogP contribution in [0.3, 0.4) is 0 Å². The minimum Gasteiger partial charge on any atom is -0.466 e. The van der Waals surface area contributed by atoms with Gasteiger partial charge in [0.15, 0.2) is 0 Å². The standard InChI is InChI=1S/C54H108N4O3/c1-6-11-15-19-23-27-33-41-55(42-34-28-24-20-16-12-7-2)48-49-56(43-35-29-25-21-17-13-8-3)51-53(59)58-46-39-52(40-47-58)57(44-36-30-26-22-18-14-9-4)45-37-31-32-38-54(60)61-50-10-5/h52H,6-51H2,1-5H3. The maximum Gasteiger partial charge on any atom is 0.305 e. The normalized spacial score (nSPS) is 13.7. The molecule has 0 aromatic carbocycles. The molecule has 61 heavy (non-hydrogen) atoms. The largest absolute Gasteiger partial charge is 0.466 e. The van der Waals surface area contributed by atoms with E-state index in [0.717, 1.165) is 77.8 Å². The minimum atomic E-state index is -0.0379. The predicted molar refractivity (Wildman–Crippen MR) is 266 cm³/mol. The molecule has 0 unspecified atom stereocenters. The van der Waals surface area contributed by atoms with Crippen molar-refractivity contribution in [2.24, 2.45) is 0 Å². The molecule has 0 bridgehead atoms. The van der Waals surface area contributed by atoms with E-state index in [9.17, 15) is 9.59 Å². The van der Waals surface area contributed by atoms with Crippen molar-refractivity contribution in [2.75, 3.05) is 72.1 Å². The van der Waals surface area contributed by atoms with Crippen LogP contribution in [-0.4, -0.2) is 110 Å². The summed E-state index contributed by atoms with van der Waals surface area (Å²) in [5.74, 6) is 0.324. The van der Waals surface area contributed by atoms with Gasteiger partial charge in [-0.3, -0.25) is 14.5 Å². The van der Waals surface area contributed by atoms with Gasteiger partial charge in [-0.15, -0.1) is 0 Å². The number of rotatable bonds is 46. The Morgan fingerprint density at radius 1 is 0.426 bits per heavy atom. The summed E-state index contributed by atoms with van der Waals surface area (Å²) in [4.78, 5) is 36.4. The number of carbonyl (C=O) groups excluding carboxylic acids is 2. The van der Waals surface area contributed by atoms with E-state index in [1.165, 1.54) is 199 Å². The van der Waals surface area contributed by atoms with E-state index in [4.69, 9.17) is 4.74 Å². The molecule has 1 fully saturated rings. The van der Waals surface area contributed by atoms with Gasteiger partial charge in [0.1, 0.15) is 0 Å². The number of piperidine rings is 1. The van der Waals surface area contributed by atoms with Crippen LogP contribution >= 0.6 is 0 Å². The summed E-state index contributed by atoms with van der Waals surface area (Å²) in [5.41, 5.74) is 0. The van der Waals surface area contributed by atoms with Gasteiger partial charge in [-0.1, -0.05) is 195 Å². The van der Waals surface area contributed by atoms with Gasteiger partial charge in [0, 0.05) is 38.6 Å². The number of ether oxygens (including phenoxy) is 1. The van der Waals surface area contributed by atoms with E-state index in [-0.39, 0.29) is 5.97 Å². The molecule has 0 radical (unpaired) electrons. The van der Waals surface area contributed by atoms with Crippen molar-refractivity contribution in [3.8, 4) is 0 Å². The number of carbonyl (C=O) groups is 2. The highest BCUT2D eigenvalue weighted by molar-refractivity contribution is 5.78. The second-order valence-corrected chi connectivity index (χ2v) is 19.3. The fourth-order valence-electron chi connectivity index (χ4n) is 9.34. The molecule has 7 nitrogen and oxygen atoms in total. The number of amides is 1. The SMILES string of the molecule is CCCCCCCCCN(CCCCCCCCC)CCN(CCCCCCCCC)CC(=O)N1CCC(N(CCCCCCCCC)CCCCCC(=O)OCCC)CC1. The van der Waals surface area contributed by atoms with Crippen molar-refractivity contribution in [1.29, 1.82) is 0 Å². The van der Waals surface area contributed by atoms with Gasteiger partial charge < -0.3 is 19.4 Å². The van der Waals surface area contributed by atoms with E-state index in [1.807, 2.05) is 6.92 Å². The lowest BCUT2D eigenvalue weighted by atomic mass is 10.0. The zero-order valence-corrected chi connectivity index (χ0v) is 42.1. The average Bonchev–Trinajstić information content (AvgIpc) is 3.27. The Balaban J connectivity index is 2.81. The second-order valence-electron chi connectivity index (χ2n) is 19.3. The Morgan fingerprint density at radius 3 is 1.21 bits per heavy atom. The van der Waals surface area contributed by atoms with E-state index < -0.39 is 0 Å². The highest BCUT2D eigenvalue weighted by Gasteiger charge is 2.27. The molecule has 1 rings (SSSR count). The molecule has 0 saturated carbocycles. The molecule has 0 aromatic heterocycles. The van der Waals surface area contributed by atoms with Crippen LogP contribution in [0.15, 0.2) is 0 Å². The molecule has 1 saturated heterocycles. The van der Waals surface area contributed by atoms with Crippen molar-refractivity contribution in [3.05, 3.63) is 0 Å². The number of nitrogens with zero attached hydrogens (tertiary/aromatic N) is 4. The third-order valence-electron chi connectivity index (χ3n) is 13.5. The molecular formula is C54H108N4O3. The van der Waals surface area contributed by atoms with Gasteiger partial charge in [0.05, 0.1) is 13.2 Å². The van der Waals surface area contributed by atoms with Gasteiger partial charge in [-0.25, -0.2) is 0 Å².